The summed E-state index contributed by atoms with van der Waals surface area (Å²) in [5.41, 5.74) is 3.53. The first-order valence-corrected chi connectivity index (χ1v) is 14.0. The van der Waals surface area contributed by atoms with Crippen molar-refractivity contribution < 1.29 is 9.84 Å². The number of benzene rings is 3. The molecule has 1 atom stereocenters. The fourth-order valence-corrected chi connectivity index (χ4v) is 4.28. The number of fused-ring (bicyclic) bond motifs is 1. The minimum Gasteiger partial charge on any atom is -0.490 e. The van der Waals surface area contributed by atoms with Crippen LogP contribution in [0.4, 0.5) is 5.69 Å². The monoisotopic (exact) mass is 525 g/mol. The van der Waals surface area contributed by atoms with Gasteiger partial charge in [-0.05, 0) is 74.5 Å². The number of aliphatic hydroxyl groups excluding tert-OH is 1. The van der Waals surface area contributed by atoms with Crippen LogP contribution in [-0.2, 0) is 0 Å². The molecular formula is C34H43N3O2. The van der Waals surface area contributed by atoms with Crippen molar-refractivity contribution in [1.82, 2.24) is 5.32 Å². The van der Waals surface area contributed by atoms with Crippen LogP contribution in [0.15, 0.2) is 102 Å². The van der Waals surface area contributed by atoms with E-state index in [1.165, 1.54) is 11.3 Å². The van der Waals surface area contributed by atoms with Gasteiger partial charge in [-0.15, -0.1) is 0 Å². The van der Waals surface area contributed by atoms with Gasteiger partial charge in [0.1, 0.15) is 18.5 Å². The molecule has 0 heterocycles. The van der Waals surface area contributed by atoms with Crippen LogP contribution in [0.2, 0.25) is 0 Å². The summed E-state index contributed by atoms with van der Waals surface area (Å²) < 4.78 is 5.87. The third-order valence-electron chi connectivity index (χ3n) is 6.42. The highest BCUT2D eigenvalue weighted by molar-refractivity contribution is 5.88. The van der Waals surface area contributed by atoms with Gasteiger partial charge in [-0.3, -0.25) is 4.99 Å². The minimum absolute atomic E-state index is 0.255. The minimum atomic E-state index is -0.570. The highest BCUT2D eigenvalue weighted by atomic mass is 16.5. The number of aliphatic hydroxyl groups is 1. The molecule has 206 valence electrons. The molecule has 0 aliphatic rings. The van der Waals surface area contributed by atoms with E-state index in [-0.39, 0.29) is 6.61 Å². The maximum Gasteiger partial charge on any atom is 0.127 e. The first-order chi connectivity index (χ1) is 19.1. The van der Waals surface area contributed by atoms with Gasteiger partial charge in [0.25, 0.3) is 0 Å². The van der Waals surface area contributed by atoms with E-state index in [2.05, 4.69) is 83.7 Å². The van der Waals surface area contributed by atoms with Crippen LogP contribution in [-0.4, -0.2) is 56.8 Å². The molecule has 5 nitrogen and oxygen atoms in total. The number of nitrogens with zero attached hydrogens (tertiary/aromatic N) is 2. The second-order valence-electron chi connectivity index (χ2n) is 9.32. The van der Waals surface area contributed by atoms with E-state index < -0.39 is 6.10 Å². The van der Waals surface area contributed by atoms with Crippen LogP contribution >= 0.6 is 0 Å². The van der Waals surface area contributed by atoms with E-state index in [9.17, 15) is 5.11 Å². The van der Waals surface area contributed by atoms with Gasteiger partial charge in [0.05, 0.1) is 0 Å². The molecule has 1 unspecified atom stereocenters. The first kappa shape index (κ1) is 29.9. The predicted octanol–water partition coefficient (Wildman–Crippen LogP) is 6.69. The van der Waals surface area contributed by atoms with Crippen LogP contribution in [0, 0.1) is 0 Å². The summed E-state index contributed by atoms with van der Waals surface area (Å²) in [4.78, 5) is 6.86. The van der Waals surface area contributed by atoms with Crippen molar-refractivity contribution in [3.63, 3.8) is 0 Å². The van der Waals surface area contributed by atoms with E-state index >= 15 is 0 Å². The molecule has 5 heteroatoms. The van der Waals surface area contributed by atoms with E-state index in [0.717, 1.165) is 54.7 Å². The number of hydrogen-bond acceptors (Lipinski definition) is 5. The van der Waals surface area contributed by atoms with Crippen molar-refractivity contribution in [2.24, 2.45) is 4.99 Å². The molecular weight excluding hydrogens is 482 g/mol. The second kappa shape index (κ2) is 17.0. The summed E-state index contributed by atoms with van der Waals surface area (Å²) in [7, 11) is 0. The molecule has 0 spiro atoms. The average Bonchev–Trinajstić information content (AvgIpc) is 2.97. The fourth-order valence-electron chi connectivity index (χ4n) is 4.28. The normalized spacial score (nSPS) is 13.2. The number of anilines is 1. The van der Waals surface area contributed by atoms with Gasteiger partial charge < -0.3 is 20.1 Å². The molecule has 0 saturated carbocycles. The average molecular weight is 526 g/mol. The molecule has 0 saturated heterocycles. The largest absolute Gasteiger partial charge is 0.490 e. The molecule has 3 aromatic carbocycles. The quantitative estimate of drug-likeness (QED) is 0.124. The number of allylic oxidation sites excluding steroid dienone is 5. The molecule has 0 radical (unpaired) electrons. The van der Waals surface area contributed by atoms with Crippen LogP contribution in [0.25, 0.3) is 16.8 Å². The number of ether oxygens (including phenoxy) is 1. The van der Waals surface area contributed by atoms with Gasteiger partial charge in [-0.2, -0.15) is 0 Å². The lowest BCUT2D eigenvalue weighted by molar-refractivity contribution is 0.107. The zero-order valence-electron chi connectivity index (χ0n) is 23.6. The summed E-state index contributed by atoms with van der Waals surface area (Å²) in [6.07, 6.45) is 12.6. The Kier molecular flexibility index (Phi) is 13.0. The maximum absolute atomic E-state index is 10.3. The fraction of sp³-hybridized carbons (Fsp3) is 0.324. The van der Waals surface area contributed by atoms with Gasteiger partial charge in [-0.25, -0.2) is 0 Å². The van der Waals surface area contributed by atoms with E-state index in [1.807, 2.05) is 55.6 Å². The number of nitrogens with one attached hydrogen (secondary N) is 1. The summed E-state index contributed by atoms with van der Waals surface area (Å²) >= 11 is 0. The zero-order chi connectivity index (χ0) is 27.7. The Morgan fingerprint density at radius 3 is 2.54 bits per heavy atom. The highest BCUT2D eigenvalue weighted by Gasteiger charge is 2.07. The van der Waals surface area contributed by atoms with Gasteiger partial charge in [0.15, 0.2) is 0 Å². The van der Waals surface area contributed by atoms with Crippen LogP contribution in [0.1, 0.15) is 32.8 Å². The lowest BCUT2D eigenvalue weighted by atomic mass is 10.1. The third-order valence-corrected chi connectivity index (χ3v) is 6.42. The summed E-state index contributed by atoms with van der Waals surface area (Å²) in [6, 6.07) is 22.8. The maximum atomic E-state index is 10.3. The number of aliphatic imine (C=N–C) groups is 1. The third kappa shape index (κ3) is 10.2. The van der Waals surface area contributed by atoms with Crippen molar-refractivity contribution in [1.29, 1.82) is 0 Å². The Morgan fingerprint density at radius 2 is 1.77 bits per heavy atom. The van der Waals surface area contributed by atoms with Crippen LogP contribution in [0.3, 0.4) is 0 Å². The molecule has 0 amide bonds. The summed E-state index contributed by atoms with van der Waals surface area (Å²) in [5, 5.41) is 15.8. The summed E-state index contributed by atoms with van der Waals surface area (Å²) in [6.45, 7) is 10.7. The van der Waals surface area contributed by atoms with E-state index in [0.29, 0.717) is 6.54 Å². The van der Waals surface area contributed by atoms with Crippen molar-refractivity contribution in [3.8, 4) is 5.75 Å². The van der Waals surface area contributed by atoms with Crippen molar-refractivity contribution in [2.45, 2.75) is 33.3 Å². The Bertz CT molecular complexity index is 1240. The topological polar surface area (TPSA) is 57.1 Å². The molecule has 39 heavy (non-hydrogen) atoms. The van der Waals surface area contributed by atoms with Crippen LogP contribution < -0.4 is 15.0 Å². The SMILES string of the molecule is C/C=C\C(C=Cc1ccc(N(CC)CC)cc1)=C/C=NCCCNCC(O)COc1cccc2ccccc12. The molecule has 2 N–H and O–H groups in total. The highest BCUT2D eigenvalue weighted by Crippen LogP contribution is 2.25. The Morgan fingerprint density at radius 1 is 1.00 bits per heavy atom. The predicted molar refractivity (Wildman–Crippen MR) is 168 cm³/mol. The smallest absolute Gasteiger partial charge is 0.127 e. The van der Waals surface area contributed by atoms with Gasteiger partial charge >= 0.3 is 0 Å². The van der Waals surface area contributed by atoms with Crippen molar-refractivity contribution in [2.75, 3.05) is 44.2 Å². The molecule has 3 rings (SSSR count). The molecule has 3 aromatic rings. The molecule has 0 bridgehead atoms. The number of hydrogen-bond donors (Lipinski definition) is 2. The summed E-state index contributed by atoms with van der Waals surface area (Å²) in [5.74, 6) is 0.801. The van der Waals surface area contributed by atoms with Gasteiger partial charge in [-0.1, -0.05) is 72.8 Å². The molecule has 0 aromatic heterocycles. The molecule has 0 aliphatic heterocycles. The molecule has 0 fully saturated rings. The van der Waals surface area contributed by atoms with Gasteiger partial charge in [0.2, 0.25) is 0 Å². The van der Waals surface area contributed by atoms with Gasteiger partial charge in [0, 0.05) is 43.5 Å². The zero-order valence-corrected chi connectivity index (χ0v) is 23.6. The Balaban J connectivity index is 1.35. The lowest BCUT2D eigenvalue weighted by Crippen LogP contribution is -2.32. The van der Waals surface area contributed by atoms with Crippen LogP contribution in [0.5, 0.6) is 5.75 Å². The van der Waals surface area contributed by atoms with E-state index in [1.54, 1.807) is 0 Å². The Labute approximate surface area is 234 Å². The van der Waals surface area contributed by atoms with Crippen molar-refractivity contribution in [3.05, 3.63) is 102 Å². The van der Waals surface area contributed by atoms with E-state index in [4.69, 9.17) is 4.74 Å². The second-order valence-corrected chi connectivity index (χ2v) is 9.32. The first-order valence-electron chi connectivity index (χ1n) is 14.0. The standard InChI is InChI=1S/C34H43N3O2/c1-4-11-28(16-17-29-18-20-31(21-19-29)37(5-2)6-3)22-25-35-23-10-24-36-26-32(38)27-39-34-15-9-13-30-12-7-8-14-33(30)34/h4,7-9,11-22,25,32,36,38H,5-6,10,23-24,26-27H2,1-3H3/b11-4-,17-16?,28-22+,35-25?. The Hall–Kier alpha value is -3.67. The van der Waals surface area contributed by atoms with Crippen molar-refractivity contribution >= 4 is 28.8 Å². The lowest BCUT2D eigenvalue weighted by Gasteiger charge is -2.20. The number of rotatable bonds is 16. The molecule has 0 aliphatic carbocycles.